The predicted octanol–water partition coefficient (Wildman–Crippen LogP) is 3.00. The molecule has 0 unspecified atom stereocenters. The number of hydrogen-bond acceptors (Lipinski definition) is 4. The van der Waals surface area contributed by atoms with Crippen LogP contribution in [0.3, 0.4) is 0 Å². The molecule has 148 valence electrons. The van der Waals surface area contributed by atoms with Crippen molar-refractivity contribution >= 4 is 21.6 Å². The Kier molecular flexibility index (Phi) is 6.61. The van der Waals surface area contributed by atoms with E-state index in [4.69, 9.17) is 0 Å². The van der Waals surface area contributed by atoms with Crippen LogP contribution in [0.5, 0.6) is 0 Å². The highest BCUT2D eigenvalue weighted by Crippen LogP contribution is 2.18. The molecule has 0 saturated carbocycles. The summed E-state index contributed by atoms with van der Waals surface area (Å²) in [6, 6.07) is 13.7. The summed E-state index contributed by atoms with van der Waals surface area (Å²) >= 11 is 0. The zero-order valence-corrected chi connectivity index (χ0v) is 16.5. The number of rotatable bonds is 8. The minimum atomic E-state index is -3.68. The number of amides is 1. The molecule has 0 bridgehead atoms. The van der Waals surface area contributed by atoms with Gasteiger partial charge in [-0.15, -0.1) is 6.58 Å². The summed E-state index contributed by atoms with van der Waals surface area (Å²) in [7, 11) is -3.68. The first kappa shape index (κ1) is 20.3. The summed E-state index contributed by atoms with van der Waals surface area (Å²) in [6.07, 6.45) is 3.93. The molecule has 0 spiro atoms. The van der Waals surface area contributed by atoms with Crippen LogP contribution in [0, 0.1) is 0 Å². The molecule has 1 heterocycles. The average molecular weight is 400 g/mol. The van der Waals surface area contributed by atoms with Gasteiger partial charge in [0.15, 0.2) is 0 Å². The number of anilines is 1. The number of carbonyl (C=O) groups is 1. The molecule has 1 fully saturated rings. The quantitative estimate of drug-likeness (QED) is 0.669. The van der Waals surface area contributed by atoms with Crippen molar-refractivity contribution in [2.24, 2.45) is 0 Å². The van der Waals surface area contributed by atoms with E-state index in [1.54, 1.807) is 12.1 Å². The Morgan fingerprint density at radius 3 is 2.61 bits per heavy atom. The van der Waals surface area contributed by atoms with Crippen LogP contribution in [0.25, 0.3) is 0 Å². The fourth-order valence-corrected chi connectivity index (χ4v) is 4.25. The van der Waals surface area contributed by atoms with E-state index in [1.807, 2.05) is 24.3 Å². The summed E-state index contributed by atoms with van der Waals surface area (Å²) in [5.41, 5.74) is 2.12. The van der Waals surface area contributed by atoms with Crippen molar-refractivity contribution in [3.63, 3.8) is 0 Å². The first-order chi connectivity index (χ1) is 13.5. The Hall–Kier alpha value is -2.48. The zero-order valence-electron chi connectivity index (χ0n) is 15.7. The Morgan fingerprint density at radius 2 is 1.86 bits per heavy atom. The largest absolute Gasteiger partial charge is 0.322 e. The molecule has 1 saturated heterocycles. The highest BCUT2D eigenvalue weighted by Gasteiger charge is 2.16. The summed E-state index contributed by atoms with van der Waals surface area (Å²) in [5.74, 6) is -0.348. The predicted molar refractivity (Wildman–Crippen MR) is 111 cm³/mol. The Bertz CT molecular complexity index is 951. The van der Waals surface area contributed by atoms with Gasteiger partial charge in [0.1, 0.15) is 0 Å². The van der Waals surface area contributed by atoms with Crippen LogP contribution in [-0.2, 0) is 16.6 Å². The molecular weight excluding hydrogens is 374 g/mol. The maximum absolute atomic E-state index is 12.6. The summed E-state index contributed by atoms with van der Waals surface area (Å²) in [6.45, 7) is 6.71. The van der Waals surface area contributed by atoms with E-state index in [9.17, 15) is 13.2 Å². The van der Waals surface area contributed by atoms with E-state index in [1.165, 1.54) is 31.1 Å². The lowest BCUT2D eigenvalue weighted by Crippen LogP contribution is -2.24. The zero-order chi connectivity index (χ0) is 20.0. The van der Waals surface area contributed by atoms with E-state index in [0.29, 0.717) is 5.69 Å². The lowest BCUT2D eigenvalue weighted by atomic mass is 10.1. The number of benzene rings is 2. The van der Waals surface area contributed by atoms with Crippen LogP contribution in [0.15, 0.2) is 66.1 Å². The van der Waals surface area contributed by atoms with E-state index in [-0.39, 0.29) is 22.9 Å². The molecular formula is C21H25N3O3S. The third-order valence-electron chi connectivity index (χ3n) is 4.61. The number of carbonyl (C=O) groups excluding carboxylic acids is 1. The monoisotopic (exact) mass is 399 g/mol. The van der Waals surface area contributed by atoms with Crippen molar-refractivity contribution in [2.75, 3.05) is 25.0 Å². The van der Waals surface area contributed by atoms with Gasteiger partial charge in [-0.2, -0.15) is 0 Å². The lowest BCUT2D eigenvalue weighted by molar-refractivity contribution is 0.102. The van der Waals surface area contributed by atoms with Gasteiger partial charge in [-0.1, -0.05) is 24.3 Å². The fourth-order valence-electron chi connectivity index (χ4n) is 3.21. The van der Waals surface area contributed by atoms with Crippen molar-refractivity contribution in [3.05, 3.63) is 72.3 Å². The van der Waals surface area contributed by atoms with Crippen LogP contribution < -0.4 is 10.0 Å². The maximum atomic E-state index is 12.6. The van der Waals surface area contributed by atoms with Crippen molar-refractivity contribution in [2.45, 2.75) is 24.3 Å². The van der Waals surface area contributed by atoms with E-state index >= 15 is 0 Å². The molecule has 3 rings (SSSR count). The van der Waals surface area contributed by atoms with Gasteiger partial charge in [0, 0.05) is 24.3 Å². The van der Waals surface area contributed by atoms with Crippen LogP contribution in [0.4, 0.5) is 5.69 Å². The Morgan fingerprint density at radius 1 is 1.11 bits per heavy atom. The number of hydrogen-bond donors (Lipinski definition) is 2. The van der Waals surface area contributed by atoms with Crippen molar-refractivity contribution in [1.82, 2.24) is 9.62 Å². The van der Waals surface area contributed by atoms with E-state index < -0.39 is 10.0 Å². The molecule has 2 aromatic carbocycles. The number of nitrogens with one attached hydrogen (secondary N) is 2. The standard InChI is InChI=1S/C21H25N3O3S/c1-2-11-22-28(26,27)20-10-6-8-18(15-20)21(25)23-19-9-5-7-17(14-19)16-24-12-3-4-13-24/h2,5-10,14-15,22H,1,3-4,11-13,16H2,(H,23,25). The average Bonchev–Trinajstić information content (AvgIpc) is 3.20. The van der Waals surface area contributed by atoms with Gasteiger partial charge in [-0.05, 0) is 61.8 Å². The van der Waals surface area contributed by atoms with Crippen LogP contribution in [0.2, 0.25) is 0 Å². The van der Waals surface area contributed by atoms with Crippen molar-refractivity contribution in [3.8, 4) is 0 Å². The SMILES string of the molecule is C=CCNS(=O)(=O)c1cccc(C(=O)Nc2cccc(CN3CCCC3)c2)c1. The van der Waals surface area contributed by atoms with E-state index in [0.717, 1.165) is 25.2 Å². The summed E-state index contributed by atoms with van der Waals surface area (Å²) in [5, 5.41) is 2.86. The molecule has 6 nitrogen and oxygen atoms in total. The molecule has 7 heteroatoms. The van der Waals surface area contributed by atoms with Gasteiger partial charge in [-0.3, -0.25) is 9.69 Å². The van der Waals surface area contributed by atoms with Gasteiger partial charge in [0.2, 0.25) is 10.0 Å². The molecule has 1 aliphatic heterocycles. The molecule has 1 amide bonds. The Labute approximate surface area is 166 Å². The summed E-state index contributed by atoms with van der Waals surface area (Å²) in [4.78, 5) is 15.1. The minimum Gasteiger partial charge on any atom is -0.322 e. The van der Waals surface area contributed by atoms with Crippen LogP contribution in [-0.4, -0.2) is 38.9 Å². The third kappa shape index (κ3) is 5.28. The highest BCUT2D eigenvalue weighted by molar-refractivity contribution is 7.89. The fraction of sp³-hybridized carbons (Fsp3) is 0.286. The van der Waals surface area contributed by atoms with Crippen LogP contribution >= 0.6 is 0 Å². The van der Waals surface area contributed by atoms with E-state index in [2.05, 4.69) is 21.5 Å². The molecule has 1 aliphatic rings. The molecule has 0 atom stereocenters. The second-order valence-electron chi connectivity index (χ2n) is 6.81. The third-order valence-corrected chi connectivity index (χ3v) is 6.04. The first-order valence-corrected chi connectivity index (χ1v) is 10.8. The second-order valence-corrected chi connectivity index (χ2v) is 8.57. The molecule has 0 radical (unpaired) electrons. The first-order valence-electron chi connectivity index (χ1n) is 9.31. The van der Waals surface area contributed by atoms with Crippen molar-refractivity contribution < 1.29 is 13.2 Å². The molecule has 0 aliphatic carbocycles. The summed E-state index contributed by atoms with van der Waals surface area (Å²) < 4.78 is 26.9. The minimum absolute atomic E-state index is 0.0461. The smallest absolute Gasteiger partial charge is 0.255 e. The number of likely N-dealkylation sites (tertiary alicyclic amines) is 1. The number of sulfonamides is 1. The molecule has 0 aromatic heterocycles. The van der Waals surface area contributed by atoms with Gasteiger partial charge in [0.25, 0.3) is 5.91 Å². The molecule has 2 N–H and O–H groups in total. The maximum Gasteiger partial charge on any atom is 0.255 e. The Balaban J connectivity index is 1.71. The van der Waals surface area contributed by atoms with Gasteiger partial charge < -0.3 is 5.32 Å². The van der Waals surface area contributed by atoms with Gasteiger partial charge in [-0.25, -0.2) is 13.1 Å². The normalized spacial score (nSPS) is 14.7. The highest BCUT2D eigenvalue weighted by atomic mass is 32.2. The van der Waals surface area contributed by atoms with Gasteiger partial charge >= 0.3 is 0 Å². The number of nitrogens with zero attached hydrogens (tertiary/aromatic N) is 1. The van der Waals surface area contributed by atoms with Crippen LogP contribution in [0.1, 0.15) is 28.8 Å². The topological polar surface area (TPSA) is 78.5 Å². The molecule has 28 heavy (non-hydrogen) atoms. The van der Waals surface area contributed by atoms with Crippen molar-refractivity contribution in [1.29, 1.82) is 0 Å². The molecule has 2 aromatic rings. The van der Waals surface area contributed by atoms with Gasteiger partial charge in [0.05, 0.1) is 4.90 Å². The second kappa shape index (κ2) is 9.14. The lowest BCUT2D eigenvalue weighted by Gasteiger charge is -2.15.